The van der Waals surface area contributed by atoms with Crippen molar-refractivity contribution in [3.8, 4) is 17.6 Å². The van der Waals surface area contributed by atoms with Crippen LogP contribution in [0.25, 0.3) is 6.08 Å². The van der Waals surface area contributed by atoms with E-state index in [1.165, 1.54) is 31.4 Å². The number of nitro benzene ring substituents is 1. The van der Waals surface area contributed by atoms with Crippen LogP contribution in [0.2, 0.25) is 5.02 Å². The Labute approximate surface area is 233 Å². The van der Waals surface area contributed by atoms with E-state index in [9.17, 15) is 20.2 Å². The van der Waals surface area contributed by atoms with Crippen molar-refractivity contribution in [2.45, 2.75) is 6.61 Å². The summed E-state index contributed by atoms with van der Waals surface area (Å²) in [4.78, 5) is 23.1. The number of rotatable bonds is 8. The van der Waals surface area contributed by atoms with E-state index in [2.05, 4.69) is 50.5 Å². The molecule has 0 aliphatic heterocycles. The zero-order valence-electron chi connectivity index (χ0n) is 18.1. The molecule has 3 rings (SSSR count). The third-order valence-corrected chi connectivity index (χ3v) is 6.49. The maximum Gasteiger partial charge on any atom is 0.273 e. The molecule has 1 amide bonds. The van der Waals surface area contributed by atoms with Crippen molar-refractivity contribution in [3.05, 3.63) is 93.6 Å². The fourth-order valence-electron chi connectivity index (χ4n) is 2.94. The SMILES string of the molecule is COc1cc([N+](=O)[O-])ccc1NC(=O)/C(C#N)=C\c1cc(I)c(OCc2ccc(Cl)cc2)c(I)c1. The third kappa shape index (κ3) is 7.06. The number of ether oxygens (including phenoxy) is 2. The van der Waals surface area contributed by atoms with Crippen molar-refractivity contribution >= 4 is 80.1 Å². The lowest BCUT2D eigenvalue weighted by Gasteiger charge is -2.12. The first-order valence-corrected chi connectivity index (χ1v) is 12.4. The van der Waals surface area contributed by atoms with Crippen LogP contribution in [0.1, 0.15) is 11.1 Å². The summed E-state index contributed by atoms with van der Waals surface area (Å²) in [6.07, 6.45) is 1.46. The van der Waals surface area contributed by atoms with Crippen molar-refractivity contribution in [1.82, 2.24) is 0 Å². The minimum Gasteiger partial charge on any atom is -0.494 e. The average molecular weight is 716 g/mol. The fourth-order valence-corrected chi connectivity index (χ4v) is 5.19. The molecule has 3 aromatic rings. The summed E-state index contributed by atoms with van der Waals surface area (Å²) in [5.41, 5.74) is 1.49. The number of methoxy groups -OCH3 is 1. The molecule has 0 spiro atoms. The molecule has 0 atom stereocenters. The Bertz CT molecular complexity index is 1330. The lowest BCUT2D eigenvalue weighted by atomic mass is 10.1. The smallest absolute Gasteiger partial charge is 0.273 e. The quantitative estimate of drug-likeness (QED) is 0.0926. The van der Waals surface area contributed by atoms with E-state index < -0.39 is 10.8 Å². The van der Waals surface area contributed by atoms with Gasteiger partial charge in [0.15, 0.2) is 0 Å². The molecule has 0 aliphatic carbocycles. The van der Waals surface area contributed by atoms with E-state index >= 15 is 0 Å². The highest BCUT2D eigenvalue weighted by atomic mass is 127. The minimum absolute atomic E-state index is 0.108. The first kappa shape index (κ1) is 26.7. The number of nitrogens with one attached hydrogen (secondary N) is 1. The van der Waals surface area contributed by atoms with Gasteiger partial charge in [-0.1, -0.05) is 23.7 Å². The molecular formula is C24H16ClI2N3O5. The van der Waals surface area contributed by atoms with Crippen LogP contribution >= 0.6 is 56.8 Å². The molecule has 0 fully saturated rings. The molecular weight excluding hydrogens is 700 g/mol. The number of carbonyl (C=O) groups is 1. The zero-order chi connectivity index (χ0) is 25.5. The molecule has 0 unspecified atom stereocenters. The van der Waals surface area contributed by atoms with Gasteiger partial charge in [0.05, 0.1) is 30.9 Å². The molecule has 0 bridgehead atoms. The highest BCUT2D eigenvalue weighted by molar-refractivity contribution is 14.1. The van der Waals surface area contributed by atoms with Gasteiger partial charge in [0, 0.05) is 11.1 Å². The van der Waals surface area contributed by atoms with E-state index in [1.54, 1.807) is 24.3 Å². The van der Waals surface area contributed by atoms with Gasteiger partial charge in [0.2, 0.25) is 0 Å². The highest BCUT2D eigenvalue weighted by Gasteiger charge is 2.17. The molecule has 0 aliphatic rings. The molecule has 0 heterocycles. The summed E-state index contributed by atoms with van der Waals surface area (Å²) in [5.74, 6) is 0.126. The zero-order valence-corrected chi connectivity index (χ0v) is 23.1. The Morgan fingerprint density at radius 1 is 1.17 bits per heavy atom. The Morgan fingerprint density at radius 2 is 1.83 bits per heavy atom. The second-order valence-electron chi connectivity index (χ2n) is 6.99. The van der Waals surface area contributed by atoms with Crippen LogP contribution in [0.15, 0.2) is 60.2 Å². The average Bonchev–Trinajstić information content (AvgIpc) is 2.83. The number of halogens is 3. The highest BCUT2D eigenvalue weighted by Crippen LogP contribution is 2.32. The van der Waals surface area contributed by atoms with Gasteiger partial charge < -0.3 is 14.8 Å². The maximum atomic E-state index is 12.7. The number of amides is 1. The summed E-state index contributed by atoms with van der Waals surface area (Å²) in [5, 5.41) is 23.7. The predicted molar refractivity (Wildman–Crippen MR) is 150 cm³/mol. The number of anilines is 1. The summed E-state index contributed by atoms with van der Waals surface area (Å²) in [6, 6.07) is 16.6. The minimum atomic E-state index is -0.673. The van der Waals surface area contributed by atoms with Crippen LogP contribution < -0.4 is 14.8 Å². The number of benzene rings is 3. The van der Waals surface area contributed by atoms with Crippen molar-refractivity contribution in [1.29, 1.82) is 5.26 Å². The van der Waals surface area contributed by atoms with E-state index in [0.29, 0.717) is 22.9 Å². The first-order chi connectivity index (χ1) is 16.7. The lowest BCUT2D eigenvalue weighted by molar-refractivity contribution is -0.384. The van der Waals surface area contributed by atoms with Gasteiger partial charge in [0.1, 0.15) is 29.7 Å². The van der Waals surface area contributed by atoms with Gasteiger partial charge in [-0.25, -0.2) is 0 Å². The van der Waals surface area contributed by atoms with E-state index in [-0.39, 0.29) is 22.7 Å². The largest absolute Gasteiger partial charge is 0.494 e. The summed E-state index contributed by atoms with van der Waals surface area (Å²) >= 11 is 10.2. The molecule has 0 saturated carbocycles. The number of hydrogen-bond donors (Lipinski definition) is 1. The van der Waals surface area contributed by atoms with Crippen LogP contribution in [0.5, 0.6) is 11.5 Å². The predicted octanol–water partition coefficient (Wildman–Crippen LogP) is 6.59. The maximum absolute atomic E-state index is 12.7. The summed E-state index contributed by atoms with van der Waals surface area (Å²) in [7, 11) is 1.33. The van der Waals surface area contributed by atoms with E-state index in [4.69, 9.17) is 21.1 Å². The molecule has 35 heavy (non-hydrogen) atoms. The molecule has 0 saturated heterocycles. The summed E-state index contributed by atoms with van der Waals surface area (Å²) in [6.45, 7) is 0.362. The Hall–Kier alpha value is -2.89. The monoisotopic (exact) mass is 715 g/mol. The van der Waals surface area contributed by atoms with Gasteiger partial charge >= 0.3 is 0 Å². The van der Waals surface area contributed by atoms with Gasteiger partial charge in [-0.05, 0) is 92.7 Å². The fraction of sp³-hybridized carbons (Fsp3) is 0.0833. The van der Waals surface area contributed by atoms with Gasteiger partial charge in [-0.15, -0.1) is 0 Å². The van der Waals surface area contributed by atoms with Crippen LogP contribution in [0.3, 0.4) is 0 Å². The van der Waals surface area contributed by atoms with Crippen molar-refractivity contribution < 1.29 is 19.2 Å². The van der Waals surface area contributed by atoms with Crippen molar-refractivity contribution in [3.63, 3.8) is 0 Å². The Morgan fingerprint density at radius 3 is 2.40 bits per heavy atom. The third-order valence-electron chi connectivity index (χ3n) is 4.64. The topological polar surface area (TPSA) is 114 Å². The van der Waals surface area contributed by atoms with Gasteiger partial charge in [-0.3, -0.25) is 14.9 Å². The van der Waals surface area contributed by atoms with Crippen LogP contribution in [-0.4, -0.2) is 17.9 Å². The van der Waals surface area contributed by atoms with Gasteiger partial charge in [-0.2, -0.15) is 5.26 Å². The van der Waals surface area contributed by atoms with Crippen LogP contribution in [-0.2, 0) is 11.4 Å². The molecule has 0 aromatic heterocycles. The number of non-ortho nitro benzene ring substituents is 1. The Kier molecular flexibility index (Phi) is 9.30. The van der Waals surface area contributed by atoms with Crippen LogP contribution in [0.4, 0.5) is 11.4 Å². The standard InChI is InChI=1S/C24H16ClI2N3O5/c1-34-22-11-18(30(32)33)6-7-21(22)29-24(31)16(12-28)8-15-9-19(26)23(20(27)10-15)35-13-14-2-4-17(25)5-3-14/h2-11H,13H2,1H3,(H,29,31)/b16-8-. The Balaban J connectivity index is 1.79. The van der Waals surface area contributed by atoms with Crippen molar-refractivity contribution in [2.75, 3.05) is 12.4 Å². The van der Waals surface area contributed by atoms with Crippen molar-refractivity contribution in [2.24, 2.45) is 0 Å². The van der Waals surface area contributed by atoms with E-state index in [0.717, 1.165) is 12.7 Å². The number of nitriles is 1. The molecule has 178 valence electrons. The number of hydrogen-bond acceptors (Lipinski definition) is 6. The second-order valence-corrected chi connectivity index (χ2v) is 9.76. The van der Waals surface area contributed by atoms with Crippen LogP contribution in [0, 0.1) is 28.6 Å². The van der Waals surface area contributed by atoms with E-state index in [1.807, 2.05) is 18.2 Å². The lowest BCUT2D eigenvalue weighted by Crippen LogP contribution is -2.14. The molecule has 8 nitrogen and oxygen atoms in total. The van der Waals surface area contributed by atoms with Gasteiger partial charge in [0.25, 0.3) is 11.6 Å². The molecule has 0 radical (unpaired) electrons. The summed E-state index contributed by atoms with van der Waals surface area (Å²) < 4.78 is 12.7. The molecule has 3 aromatic carbocycles. The second kappa shape index (κ2) is 12.2. The number of nitro groups is 1. The first-order valence-electron chi connectivity index (χ1n) is 9.83. The number of nitrogens with zero attached hydrogens (tertiary/aromatic N) is 2. The molecule has 1 N–H and O–H groups in total. The molecule has 11 heteroatoms. The number of carbonyl (C=O) groups excluding carboxylic acids is 1. The normalized spacial score (nSPS) is 10.9.